The smallest absolute Gasteiger partial charge is 0.269 e. The summed E-state index contributed by atoms with van der Waals surface area (Å²) in [6.07, 6.45) is 2.97. The van der Waals surface area contributed by atoms with Gasteiger partial charge in [0.05, 0.1) is 13.2 Å². The Hall–Kier alpha value is -3.02. The lowest BCUT2D eigenvalue weighted by molar-refractivity contribution is -0.120. The van der Waals surface area contributed by atoms with Gasteiger partial charge in [0, 0.05) is 17.8 Å². The van der Waals surface area contributed by atoms with E-state index in [4.69, 9.17) is 4.74 Å². The third-order valence-electron chi connectivity index (χ3n) is 4.45. The molecule has 2 amide bonds. The summed E-state index contributed by atoms with van der Waals surface area (Å²) in [5, 5.41) is 0. The van der Waals surface area contributed by atoms with E-state index in [0.717, 1.165) is 37.2 Å². The van der Waals surface area contributed by atoms with E-state index in [2.05, 4.69) is 16.9 Å². The van der Waals surface area contributed by atoms with Gasteiger partial charge in [-0.1, -0.05) is 25.1 Å². The molecule has 1 aliphatic rings. The Bertz CT molecular complexity index is 790. The van der Waals surface area contributed by atoms with Crippen molar-refractivity contribution in [2.75, 3.05) is 24.6 Å². The van der Waals surface area contributed by atoms with Crippen molar-refractivity contribution in [1.29, 1.82) is 0 Å². The molecule has 6 nitrogen and oxygen atoms in total. The summed E-state index contributed by atoms with van der Waals surface area (Å²) >= 11 is 0. The zero-order valence-electron chi connectivity index (χ0n) is 15.5. The maximum atomic E-state index is 12.2. The topological polar surface area (TPSA) is 70.7 Å². The van der Waals surface area contributed by atoms with Crippen molar-refractivity contribution in [2.24, 2.45) is 0 Å². The van der Waals surface area contributed by atoms with Crippen molar-refractivity contribution in [3.63, 3.8) is 0 Å². The predicted molar refractivity (Wildman–Crippen MR) is 105 cm³/mol. The number of hydrogen-bond donors (Lipinski definition) is 2. The largest absolute Gasteiger partial charge is 0.494 e. The summed E-state index contributed by atoms with van der Waals surface area (Å²) in [5.41, 5.74) is 7.77. The number of nitrogens with one attached hydrogen (secondary N) is 2. The molecular formula is C21H25N3O3. The van der Waals surface area contributed by atoms with Gasteiger partial charge in [0.1, 0.15) is 5.75 Å². The van der Waals surface area contributed by atoms with Crippen molar-refractivity contribution in [2.45, 2.75) is 26.2 Å². The van der Waals surface area contributed by atoms with Crippen LogP contribution in [0.5, 0.6) is 5.75 Å². The van der Waals surface area contributed by atoms with Crippen LogP contribution in [-0.2, 0) is 11.2 Å². The van der Waals surface area contributed by atoms with Crippen LogP contribution in [0.1, 0.15) is 35.7 Å². The van der Waals surface area contributed by atoms with Crippen LogP contribution in [-0.4, -0.2) is 31.5 Å². The number of ether oxygens (including phenoxy) is 1. The van der Waals surface area contributed by atoms with E-state index < -0.39 is 0 Å². The molecule has 3 rings (SSSR count). The highest BCUT2D eigenvalue weighted by molar-refractivity contribution is 5.95. The molecule has 0 spiro atoms. The van der Waals surface area contributed by atoms with E-state index in [1.165, 1.54) is 5.56 Å². The number of aryl methyl sites for hydroxylation is 1. The average molecular weight is 367 g/mol. The summed E-state index contributed by atoms with van der Waals surface area (Å²) in [6.45, 7) is 3.72. The summed E-state index contributed by atoms with van der Waals surface area (Å²) in [6, 6.07) is 15.0. The van der Waals surface area contributed by atoms with Crippen LogP contribution in [0.3, 0.4) is 0 Å². The number of anilines is 1. The summed E-state index contributed by atoms with van der Waals surface area (Å²) in [7, 11) is 0. The molecule has 0 saturated carbocycles. The molecule has 0 bridgehead atoms. The Morgan fingerprint density at radius 3 is 2.63 bits per heavy atom. The molecule has 2 N–H and O–H groups in total. The Balaban J connectivity index is 1.50. The number of rotatable bonds is 6. The normalized spacial score (nSPS) is 12.9. The minimum Gasteiger partial charge on any atom is -0.494 e. The molecule has 0 saturated heterocycles. The van der Waals surface area contributed by atoms with E-state index in [9.17, 15) is 9.59 Å². The second-order valence-electron chi connectivity index (χ2n) is 6.53. The fraction of sp³-hybridized carbons (Fsp3) is 0.333. The minimum absolute atomic E-state index is 0.209. The van der Waals surface area contributed by atoms with Crippen molar-refractivity contribution in [3.8, 4) is 5.75 Å². The van der Waals surface area contributed by atoms with E-state index in [1.54, 1.807) is 24.3 Å². The third kappa shape index (κ3) is 5.00. The van der Waals surface area contributed by atoms with Gasteiger partial charge in [0.15, 0.2) is 0 Å². The molecule has 27 heavy (non-hydrogen) atoms. The zero-order valence-corrected chi connectivity index (χ0v) is 15.5. The molecule has 142 valence electrons. The van der Waals surface area contributed by atoms with Gasteiger partial charge in [-0.25, -0.2) is 0 Å². The lowest BCUT2D eigenvalue weighted by atomic mass is 10.0. The Morgan fingerprint density at radius 1 is 1.07 bits per heavy atom. The standard InChI is InChI=1S/C21H25N3O3/c1-2-14-27-18-11-9-17(10-12-18)21(26)23-22-20(25)15-24-13-5-7-16-6-3-4-8-19(16)24/h3-4,6,8-12H,2,5,7,13-15H2,1H3,(H,22,25)(H,23,26). The summed E-state index contributed by atoms with van der Waals surface area (Å²) in [5.74, 6) is 0.119. The van der Waals surface area contributed by atoms with Gasteiger partial charge in [0.2, 0.25) is 0 Å². The van der Waals surface area contributed by atoms with Gasteiger partial charge in [-0.05, 0) is 55.2 Å². The second-order valence-corrected chi connectivity index (χ2v) is 6.53. The van der Waals surface area contributed by atoms with Crippen LogP contribution >= 0.6 is 0 Å². The zero-order chi connectivity index (χ0) is 19.1. The van der Waals surface area contributed by atoms with Crippen LogP contribution in [0.4, 0.5) is 5.69 Å². The molecule has 0 aromatic heterocycles. The molecule has 0 fully saturated rings. The predicted octanol–water partition coefficient (Wildman–Crippen LogP) is 2.69. The van der Waals surface area contributed by atoms with Crippen LogP contribution in [0, 0.1) is 0 Å². The number of carbonyl (C=O) groups excluding carboxylic acids is 2. The number of carbonyl (C=O) groups is 2. The molecular weight excluding hydrogens is 342 g/mol. The molecule has 0 aliphatic carbocycles. The molecule has 1 heterocycles. The van der Waals surface area contributed by atoms with Crippen LogP contribution < -0.4 is 20.5 Å². The first-order chi connectivity index (χ1) is 13.2. The number of hydrogen-bond acceptors (Lipinski definition) is 4. The monoisotopic (exact) mass is 367 g/mol. The number of hydrazine groups is 1. The average Bonchev–Trinajstić information content (AvgIpc) is 2.71. The van der Waals surface area contributed by atoms with Gasteiger partial charge >= 0.3 is 0 Å². The van der Waals surface area contributed by atoms with Crippen molar-refractivity contribution in [1.82, 2.24) is 10.9 Å². The van der Waals surface area contributed by atoms with Gasteiger partial charge in [-0.2, -0.15) is 0 Å². The summed E-state index contributed by atoms with van der Waals surface area (Å²) < 4.78 is 5.49. The minimum atomic E-state index is -0.357. The molecule has 1 aliphatic heterocycles. The molecule has 0 radical (unpaired) electrons. The van der Waals surface area contributed by atoms with Gasteiger partial charge in [0.25, 0.3) is 11.8 Å². The molecule has 0 unspecified atom stereocenters. The first kappa shape index (κ1) is 18.8. The lowest BCUT2D eigenvalue weighted by Gasteiger charge is -2.30. The van der Waals surface area contributed by atoms with Gasteiger partial charge in [-0.3, -0.25) is 20.4 Å². The summed E-state index contributed by atoms with van der Waals surface area (Å²) in [4.78, 5) is 26.5. The van der Waals surface area contributed by atoms with E-state index in [1.807, 2.05) is 30.0 Å². The van der Waals surface area contributed by atoms with Crippen molar-refractivity contribution >= 4 is 17.5 Å². The molecule has 0 atom stereocenters. The highest BCUT2D eigenvalue weighted by atomic mass is 16.5. The quantitative estimate of drug-likeness (QED) is 0.770. The molecule has 6 heteroatoms. The van der Waals surface area contributed by atoms with Crippen LogP contribution in [0.15, 0.2) is 48.5 Å². The first-order valence-electron chi connectivity index (χ1n) is 9.32. The van der Waals surface area contributed by atoms with Crippen LogP contribution in [0.2, 0.25) is 0 Å². The number of nitrogens with zero attached hydrogens (tertiary/aromatic N) is 1. The second kappa shape index (κ2) is 9.07. The molecule has 2 aromatic carbocycles. The highest BCUT2D eigenvalue weighted by Gasteiger charge is 2.18. The Morgan fingerprint density at radius 2 is 1.85 bits per heavy atom. The third-order valence-corrected chi connectivity index (χ3v) is 4.45. The van der Waals surface area contributed by atoms with Crippen molar-refractivity contribution in [3.05, 3.63) is 59.7 Å². The highest BCUT2D eigenvalue weighted by Crippen LogP contribution is 2.26. The number of para-hydroxylation sites is 1. The Kier molecular flexibility index (Phi) is 6.30. The maximum absolute atomic E-state index is 12.2. The first-order valence-corrected chi connectivity index (χ1v) is 9.32. The SMILES string of the molecule is CCCOc1ccc(C(=O)NNC(=O)CN2CCCc3ccccc32)cc1. The van der Waals surface area contributed by atoms with Crippen molar-refractivity contribution < 1.29 is 14.3 Å². The fourth-order valence-electron chi connectivity index (χ4n) is 3.11. The van der Waals surface area contributed by atoms with E-state index in [0.29, 0.717) is 12.2 Å². The Labute approximate surface area is 159 Å². The fourth-order valence-corrected chi connectivity index (χ4v) is 3.11. The van der Waals surface area contributed by atoms with Crippen LogP contribution in [0.25, 0.3) is 0 Å². The number of amides is 2. The molecule has 2 aromatic rings. The lowest BCUT2D eigenvalue weighted by Crippen LogP contribution is -2.47. The van der Waals surface area contributed by atoms with E-state index in [-0.39, 0.29) is 18.4 Å². The maximum Gasteiger partial charge on any atom is 0.269 e. The van der Waals surface area contributed by atoms with Gasteiger partial charge in [-0.15, -0.1) is 0 Å². The van der Waals surface area contributed by atoms with E-state index >= 15 is 0 Å². The van der Waals surface area contributed by atoms with Gasteiger partial charge < -0.3 is 9.64 Å². The number of benzene rings is 2. The number of fused-ring (bicyclic) bond motifs is 1.